The SMILES string of the molecule is C=C/C=C\C(=N)/C(C)=C(\NC)C1CC1/C1=C(\C)N(C)/C=C\C(CC)=C/CN1. The van der Waals surface area contributed by atoms with Gasteiger partial charge in [-0.25, -0.2) is 0 Å². The Morgan fingerprint density at radius 1 is 1.48 bits per heavy atom. The molecule has 0 radical (unpaired) electrons. The standard InChI is InChI=1S/C23H34N4/c1-7-9-10-21(24)16(3)22(25-5)19-15-20(19)23-17(4)27(6)14-12-18(8-2)11-13-26-23/h7,9-12,14,19-20,24-26H,1,8,13,15H2,2-6H3/b10-9-,14-12-,18-11-,22-16-,23-17-,24-21?. The molecule has 1 aliphatic carbocycles. The number of nitrogens with one attached hydrogen (secondary N) is 3. The van der Waals surface area contributed by atoms with Gasteiger partial charge in [0.1, 0.15) is 0 Å². The Morgan fingerprint density at radius 2 is 2.22 bits per heavy atom. The Balaban J connectivity index is 2.25. The van der Waals surface area contributed by atoms with Gasteiger partial charge >= 0.3 is 0 Å². The van der Waals surface area contributed by atoms with E-state index in [0.717, 1.165) is 25.0 Å². The maximum Gasteiger partial charge on any atom is 0.0586 e. The highest BCUT2D eigenvalue weighted by molar-refractivity contribution is 6.06. The van der Waals surface area contributed by atoms with Crippen LogP contribution in [0.15, 0.2) is 71.4 Å². The number of nitrogens with zero attached hydrogens (tertiary/aromatic N) is 1. The molecule has 146 valence electrons. The summed E-state index contributed by atoms with van der Waals surface area (Å²) in [5, 5.41) is 15.3. The number of rotatable bonds is 7. The van der Waals surface area contributed by atoms with Gasteiger partial charge in [0, 0.05) is 55.8 Å². The quantitative estimate of drug-likeness (QED) is 0.459. The van der Waals surface area contributed by atoms with Crippen LogP contribution >= 0.6 is 0 Å². The lowest BCUT2D eigenvalue weighted by Gasteiger charge is -2.21. The molecule has 4 nitrogen and oxygen atoms in total. The van der Waals surface area contributed by atoms with Crippen molar-refractivity contribution in [2.45, 2.75) is 33.6 Å². The van der Waals surface area contributed by atoms with Crippen molar-refractivity contribution in [2.75, 3.05) is 20.6 Å². The van der Waals surface area contributed by atoms with E-state index in [1.54, 1.807) is 12.2 Å². The minimum atomic E-state index is 0.428. The molecule has 4 heteroatoms. The Hall–Kier alpha value is -2.49. The first-order valence-corrected chi connectivity index (χ1v) is 9.75. The summed E-state index contributed by atoms with van der Waals surface area (Å²) in [5.74, 6) is 0.892. The third-order valence-electron chi connectivity index (χ3n) is 5.50. The van der Waals surface area contributed by atoms with Crippen molar-refractivity contribution in [3.8, 4) is 0 Å². The Kier molecular flexibility index (Phi) is 7.28. The third kappa shape index (κ3) is 5.03. The van der Waals surface area contributed by atoms with Gasteiger partial charge in [-0.3, -0.25) is 0 Å². The summed E-state index contributed by atoms with van der Waals surface area (Å²) in [6, 6.07) is 0. The summed E-state index contributed by atoms with van der Waals surface area (Å²) >= 11 is 0. The van der Waals surface area contributed by atoms with Crippen molar-refractivity contribution < 1.29 is 0 Å². The van der Waals surface area contributed by atoms with Gasteiger partial charge in [0.05, 0.1) is 5.71 Å². The van der Waals surface area contributed by atoms with E-state index in [9.17, 15) is 0 Å². The molecule has 2 aliphatic rings. The second-order valence-electron chi connectivity index (χ2n) is 7.19. The molecular formula is C23H34N4. The van der Waals surface area contributed by atoms with Gasteiger partial charge in [0.2, 0.25) is 0 Å². The molecule has 0 aromatic heterocycles. The van der Waals surface area contributed by atoms with Gasteiger partial charge in [-0.05, 0) is 50.0 Å². The molecule has 1 heterocycles. The Labute approximate surface area is 164 Å². The zero-order valence-corrected chi connectivity index (χ0v) is 17.4. The molecular weight excluding hydrogens is 332 g/mol. The summed E-state index contributed by atoms with van der Waals surface area (Å²) in [7, 11) is 4.07. The highest BCUT2D eigenvalue weighted by Gasteiger charge is 2.44. The molecule has 0 aromatic carbocycles. The van der Waals surface area contributed by atoms with Crippen LogP contribution in [0.1, 0.15) is 33.6 Å². The zero-order chi connectivity index (χ0) is 20.0. The first-order chi connectivity index (χ1) is 12.9. The smallest absolute Gasteiger partial charge is 0.0586 e. The van der Waals surface area contributed by atoms with Gasteiger partial charge in [-0.2, -0.15) is 0 Å². The van der Waals surface area contributed by atoms with Crippen LogP contribution in [0.2, 0.25) is 0 Å². The second-order valence-corrected chi connectivity index (χ2v) is 7.19. The second kappa shape index (κ2) is 9.45. The molecule has 0 bridgehead atoms. The fourth-order valence-corrected chi connectivity index (χ4v) is 3.58. The average molecular weight is 367 g/mol. The van der Waals surface area contributed by atoms with E-state index in [0.29, 0.717) is 17.5 Å². The highest BCUT2D eigenvalue weighted by atomic mass is 15.1. The molecule has 0 amide bonds. The summed E-state index contributed by atoms with van der Waals surface area (Å²) < 4.78 is 0. The first-order valence-electron chi connectivity index (χ1n) is 9.75. The van der Waals surface area contributed by atoms with Crippen LogP contribution in [0.5, 0.6) is 0 Å². The van der Waals surface area contributed by atoms with Crippen molar-refractivity contribution in [3.05, 3.63) is 71.4 Å². The van der Waals surface area contributed by atoms with Gasteiger partial charge < -0.3 is 20.9 Å². The average Bonchev–Trinajstić information content (AvgIpc) is 3.43. The molecule has 2 unspecified atom stereocenters. The molecule has 2 rings (SSSR count). The molecule has 0 saturated heterocycles. The minimum Gasteiger partial charge on any atom is -0.391 e. The maximum absolute atomic E-state index is 8.29. The third-order valence-corrected chi connectivity index (χ3v) is 5.50. The van der Waals surface area contributed by atoms with Crippen molar-refractivity contribution in [1.82, 2.24) is 15.5 Å². The van der Waals surface area contributed by atoms with Crippen LogP contribution in [0.4, 0.5) is 0 Å². The fraction of sp³-hybridized carbons (Fsp3) is 0.435. The van der Waals surface area contributed by atoms with E-state index in [1.807, 2.05) is 20.0 Å². The fourth-order valence-electron chi connectivity index (χ4n) is 3.58. The highest BCUT2D eigenvalue weighted by Crippen LogP contribution is 2.49. The predicted molar refractivity (Wildman–Crippen MR) is 116 cm³/mol. The van der Waals surface area contributed by atoms with Crippen molar-refractivity contribution >= 4 is 5.71 Å². The van der Waals surface area contributed by atoms with E-state index < -0.39 is 0 Å². The zero-order valence-electron chi connectivity index (χ0n) is 17.4. The summed E-state index contributed by atoms with van der Waals surface area (Å²) in [5.41, 5.74) is 6.64. The van der Waals surface area contributed by atoms with Crippen LogP contribution in [0.3, 0.4) is 0 Å². The van der Waals surface area contributed by atoms with E-state index in [2.05, 4.69) is 61.4 Å². The lowest BCUT2D eigenvalue weighted by molar-refractivity contribution is 0.539. The number of hydrogen-bond acceptors (Lipinski definition) is 4. The molecule has 2 atom stereocenters. The van der Waals surface area contributed by atoms with Gasteiger partial charge in [-0.15, -0.1) is 0 Å². The Morgan fingerprint density at radius 3 is 2.85 bits per heavy atom. The van der Waals surface area contributed by atoms with Crippen molar-refractivity contribution in [2.24, 2.45) is 11.8 Å². The molecule has 1 aliphatic heterocycles. The molecule has 27 heavy (non-hydrogen) atoms. The monoisotopic (exact) mass is 366 g/mol. The minimum absolute atomic E-state index is 0.428. The maximum atomic E-state index is 8.29. The molecule has 1 saturated carbocycles. The van der Waals surface area contributed by atoms with Crippen LogP contribution < -0.4 is 10.6 Å². The first kappa shape index (κ1) is 20.8. The van der Waals surface area contributed by atoms with Crippen LogP contribution in [0.25, 0.3) is 0 Å². The van der Waals surface area contributed by atoms with Gasteiger partial charge in [-0.1, -0.05) is 31.7 Å². The van der Waals surface area contributed by atoms with E-state index >= 15 is 0 Å². The summed E-state index contributed by atoms with van der Waals surface area (Å²) in [6.07, 6.45) is 14.1. The summed E-state index contributed by atoms with van der Waals surface area (Å²) in [4.78, 5) is 2.21. The van der Waals surface area contributed by atoms with Crippen molar-refractivity contribution in [1.29, 1.82) is 5.41 Å². The van der Waals surface area contributed by atoms with Crippen molar-refractivity contribution in [3.63, 3.8) is 0 Å². The molecule has 3 N–H and O–H groups in total. The van der Waals surface area contributed by atoms with E-state index in [4.69, 9.17) is 5.41 Å². The summed E-state index contributed by atoms with van der Waals surface area (Å²) in [6.45, 7) is 10.9. The lowest BCUT2D eigenvalue weighted by atomic mass is 10.0. The topological polar surface area (TPSA) is 51.2 Å². The van der Waals surface area contributed by atoms with Crippen LogP contribution in [0, 0.1) is 17.2 Å². The number of hydrogen-bond donors (Lipinski definition) is 3. The van der Waals surface area contributed by atoms with Crippen LogP contribution in [-0.2, 0) is 0 Å². The molecule has 0 aromatic rings. The predicted octanol–water partition coefficient (Wildman–Crippen LogP) is 4.49. The Bertz CT molecular complexity index is 733. The van der Waals surface area contributed by atoms with Gasteiger partial charge in [0.25, 0.3) is 0 Å². The molecule has 1 fully saturated rings. The van der Waals surface area contributed by atoms with E-state index in [-0.39, 0.29) is 0 Å². The van der Waals surface area contributed by atoms with Crippen LogP contribution in [-0.4, -0.2) is 31.3 Å². The van der Waals surface area contributed by atoms with Gasteiger partial charge in [0.15, 0.2) is 0 Å². The number of allylic oxidation sites excluding steroid dienone is 9. The largest absolute Gasteiger partial charge is 0.391 e. The molecule has 0 spiro atoms. The lowest BCUT2D eigenvalue weighted by Crippen LogP contribution is -2.23. The normalized spacial score (nSPS) is 29.5. The van der Waals surface area contributed by atoms with E-state index in [1.165, 1.54) is 22.7 Å².